The molecule has 11 heteroatoms. The summed E-state index contributed by atoms with van der Waals surface area (Å²) in [4.78, 5) is 20.1. The number of pyridine rings is 2. The number of carbonyl (C=O) groups excluding carboxylic acids is 1. The van der Waals surface area contributed by atoms with Gasteiger partial charge in [0.15, 0.2) is 0 Å². The van der Waals surface area contributed by atoms with Crippen molar-refractivity contribution in [3.8, 4) is 0 Å². The van der Waals surface area contributed by atoms with Crippen LogP contribution in [0.2, 0.25) is 0 Å². The van der Waals surface area contributed by atoms with Crippen molar-refractivity contribution in [2.75, 3.05) is 5.73 Å². The van der Waals surface area contributed by atoms with Crippen LogP contribution in [-0.2, 0) is 12.4 Å². The van der Waals surface area contributed by atoms with E-state index < -0.39 is 41.1 Å². The van der Waals surface area contributed by atoms with Gasteiger partial charge in [-0.1, -0.05) is 12.1 Å². The molecule has 1 aromatic carbocycles. The average Bonchev–Trinajstić information content (AvgIpc) is 2.71. The maximum Gasteiger partial charge on any atom is 0.418 e. The molecule has 3 aromatic rings. The molecule has 3 N–H and O–H groups in total. The predicted molar refractivity (Wildman–Crippen MR) is 98.6 cm³/mol. The number of nitrogens with one attached hydrogen (secondary N) is 1. The highest BCUT2D eigenvalue weighted by Crippen LogP contribution is 2.36. The lowest BCUT2D eigenvalue weighted by Crippen LogP contribution is -2.31. The first-order chi connectivity index (χ1) is 14.5. The fraction of sp³-hybridized carbons (Fsp3) is 0.150. The summed E-state index contributed by atoms with van der Waals surface area (Å²) in [7, 11) is 0. The Labute approximate surface area is 171 Å². The molecule has 1 atom stereocenters. The van der Waals surface area contributed by atoms with Crippen molar-refractivity contribution in [1.82, 2.24) is 15.3 Å². The van der Waals surface area contributed by atoms with Crippen molar-refractivity contribution in [3.63, 3.8) is 0 Å². The first-order valence-corrected chi connectivity index (χ1v) is 8.68. The van der Waals surface area contributed by atoms with Crippen LogP contribution in [0, 0.1) is 0 Å². The SMILES string of the molecule is Nc1ccc(C(=O)N[C@@H](c2ccc(C(F)(F)F)cc2)c2ncccc2C(F)(F)F)cn1. The lowest BCUT2D eigenvalue weighted by molar-refractivity contribution is -0.139. The summed E-state index contributed by atoms with van der Waals surface area (Å²) in [5.41, 5.74) is 2.76. The zero-order chi connectivity index (χ0) is 22.8. The Balaban J connectivity index is 2.07. The smallest absolute Gasteiger partial charge is 0.384 e. The van der Waals surface area contributed by atoms with Crippen molar-refractivity contribution in [2.45, 2.75) is 18.4 Å². The van der Waals surface area contributed by atoms with E-state index in [9.17, 15) is 31.1 Å². The quantitative estimate of drug-likeness (QED) is 0.581. The first kappa shape index (κ1) is 22.1. The summed E-state index contributed by atoms with van der Waals surface area (Å²) in [6, 6.07) is 6.41. The number of anilines is 1. The summed E-state index contributed by atoms with van der Waals surface area (Å²) >= 11 is 0. The third kappa shape index (κ3) is 5.11. The molecule has 31 heavy (non-hydrogen) atoms. The van der Waals surface area contributed by atoms with Gasteiger partial charge in [-0.05, 0) is 42.0 Å². The van der Waals surface area contributed by atoms with Gasteiger partial charge < -0.3 is 11.1 Å². The van der Waals surface area contributed by atoms with Crippen LogP contribution in [-0.4, -0.2) is 15.9 Å². The van der Waals surface area contributed by atoms with Gasteiger partial charge in [0, 0.05) is 12.4 Å². The lowest BCUT2D eigenvalue weighted by atomic mass is 9.97. The minimum atomic E-state index is -4.80. The zero-order valence-electron chi connectivity index (χ0n) is 15.5. The molecule has 0 saturated carbocycles. The number of benzene rings is 1. The lowest BCUT2D eigenvalue weighted by Gasteiger charge is -2.23. The molecule has 0 fully saturated rings. The van der Waals surface area contributed by atoms with Crippen molar-refractivity contribution < 1.29 is 31.1 Å². The van der Waals surface area contributed by atoms with Gasteiger partial charge in [-0.2, -0.15) is 26.3 Å². The highest BCUT2D eigenvalue weighted by molar-refractivity contribution is 5.94. The van der Waals surface area contributed by atoms with Crippen LogP contribution < -0.4 is 11.1 Å². The fourth-order valence-electron chi connectivity index (χ4n) is 2.82. The van der Waals surface area contributed by atoms with Gasteiger partial charge in [0.1, 0.15) is 5.82 Å². The Morgan fingerprint density at radius 2 is 1.58 bits per heavy atom. The highest BCUT2D eigenvalue weighted by atomic mass is 19.4. The van der Waals surface area contributed by atoms with E-state index in [1.165, 1.54) is 12.1 Å². The van der Waals surface area contributed by atoms with Crippen molar-refractivity contribution >= 4 is 11.7 Å². The zero-order valence-corrected chi connectivity index (χ0v) is 15.5. The van der Waals surface area contributed by atoms with Crippen LogP contribution >= 0.6 is 0 Å². The Kier molecular flexibility index (Phi) is 5.87. The molecule has 0 aliphatic carbocycles. The van der Waals surface area contributed by atoms with Gasteiger partial charge in [0.2, 0.25) is 0 Å². The van der Waals surface area contributed by atoms with E-state index in [0.29, 0.717) is 0 Å². The van der Waals surface area contributed by atoms with Gasteiger partial charge >= 0.3 is 12.4 Å². The molecule has 0 unspecified atom stereocenters. The maximum absolute atomic E-state index is 13.5. The number of alkyl halides is 6. The minimum absolute atomic E-state index is 0.00407. The monoisotopic (exact) mass is 440 g/mol. The number of nitrogen functional groups attached to an aromatic ring is 1. The van der Waals surface area contributed by atoms with Crippen molar-refractivity contribution in [3.05, 3.63) is 88.9 Å². The van der Waals surface area contributed by atoms with Crippen LogP contribution in [0.5, 0.6) is 0 Å². The first-order valence-electron chi connectivity index (χ1n) is 8.68. The third-order valence-corrected chi connectivity index (χ3v) is 4.31. The van der Waals surface area contributed by atoms with Crippen LogP contribution in [0.3, 0.4) is 0 Å². The fourth-order valence-corrected chi connectivity index (χ4v) is 2.82. The summed E-state index contributed by atoms with van der Waals surface area (Å²) in [6.45, 7) is 0. The van der Waals surface area contributed by atoms with Gasteiger partial charge in [-0.3, -0.25) is 9.78 Å². The molecule has 0 bridgehead atoms. The van der Waals surface area contributed by atoms with E-state index in [0.717, 1.165) is 48.8 Å². The third-order valence-electron chi connectivity index (χ3n) is 4.31. The van der Waals surface area contributed by atoms with E-state index in [1.807, 2.05) is 0 Å². The van der Waals surface area contributed by atoms with Gasteiger partial charge in [-0.15, -0.1) is 0 Å². The molecule has 2 aromatic heterocycles. The number of hydrogen-bond acceptors (Lipinski definition) is 4. The molecule has 0 saturated heterocycles. The van der Waals surface area contributed by atoms with Crippen molar-refractivity contribution in [1.29, 1.82) is 0 Å². The number of amides is 1. The predicted octanol–water partition coefficient (Wildman–Crippen LogP) is 4.62. The van der Waals surface area contributed by atoms with E-state index in [2.05, 4.69) is 15.3 Å². The molecule has 0 spiro atoms. The molecule has 162 valence electrons. The number of hydrogen-bond donors (Lipinski definition) is 2. The van der Waals surface area contributed by atoms with Crippen LogP contribution in [0.4, 0.5) is 32.2 Å². The molecular formula is C20H14F6N4O. The Morgan fingerprint density at radius 3 is 2.13 bits per heavy atom. The number of rotatable bonds is 4. The molecule has 3 rings (SSSR count). The van der Waals surface area contributed by atoms with Crippen LogP contribution in [0.25, 0.3) is 0 Å². The standard InChI is InChI=1S/C20H14F6N4O/c21-19(22,23)13-6-3-11(4-7-13)16(17-14(20(24,25)26)2-1-9-28-17)30-18(31)12-5-8-15(27)29-10-12/h1-10,16H,(H2,27,29)(H,30,31)/t16-/m0/s1. The molecule has 0 radical (unpaired) electrons. The van der Waals surface area contributed by atoms with Crippen LogP contribution in [0.15, 0.2) is 60.9 Å². The number of nitrogens with zero attached hydrogens (tertiary/aromatic N) is 2. The Morgan fingerprint density at radius 1 is 0.903 bits per heavy atom. The van der Waals surface area contributed by atoms with E-state index in [4.69, 9.17) is 5.73 Å². The number of aromatic nitrogens is 2. The van der Waals surface area contributed by atoms with Crippen molar-refractivity contribution in [2.24, 2.45) is 0 Å². The second-order valence-corrected chi connectivity index (χ2v) is 6.43. The Hall–Kier alpha value is -3.63. The number of nitrogens with two attached hydrogens (primary N) is 1. The second kappa shape index (κ2) is 8.25. The molecule has 2 heterocycles. The molecule has 0 aliphatic heterocycles. The highest BCUT2D eigenvalue weighted by Gasteiger charge is 2.37. The van der Waals surface area contributed by atoms with E-state index >= 15 is 0 Å². The number of carbonyl (C=O) groups is 1. The van der Waals surface area contributed by atoms with Gasteiger partial charge in [-0.25, -0.2) is 4.98 Å². The maximum atomic E-state index is 13.5. The number of halogens is 6. The minimum Gasteiger partial charge on any atom is -0.384 e. The van der Waals surface area contributed by atoms with E-state index in [1.54, 1.807) is 0 Å². The molecule has 1 amide bonds. The summed E-state index contributed by atoms with van der Waals surface area (Å²) in [5, 5.41) is 2.39. The van der Waals surface area contributed by atoms with E-state index in [-0.39, 0.29) is 16.9 Å². The Bertz CT molecular complexity index is 1060. The average molecular weight is 440 g/mol. The molecule has 0 aliphatic rings. The van der Waals surface area contributed by atoms with Crippen LogP contribution in [0.1, 0.15) is 38.8 Å². The molecular weight excluding hydrogens is 426 g/mol. The summed E-state index contributed by atoms with van der Waals surface area (Å²) < 4.78 is 79.2. The summed E-state index contributed by atoms with van der Waals surface area (Å²) in [5.74, 6) is -0.684. The molecule has 5 nitrogen and oxygen atoms in total. The second-order valence-electron chi connectivity index (χ2n) is 6.43. The normalized spacial score (nSPS) is 13.0. The van der Waals surface area contributed by atoms with Gasteiger partial charge in [0.05, 0.1) is 28.4 Å². The van der Waals surface area contributed by atoms with Gasteiger partial charge in [0.25, 0.3) is 5.91 Å². The summed E-state index contributed by atoms with van der Waals surface area (Å²) in [6.07, 6.45) is -7.22. The topological polar surface area (TPSA) is 80.9 Å². The largest absolute Gasteiger partial charge is 0.418 e.